The molecule has 0 bridgehead atoms. The molecule has 1 aliphatic rings. The topological polar surface area (TPSA) is 230 Å². The van der Waals surface area contributed by atoms with Gasteiger partial charge in [0.25, 0.3) is 0 Å². The van der Waals surface area contributed by atoms with Crippen LogP contribution in [0.15, 0.2) is 89.9 Å². The third-order valence-electron chi connectivity index (χ3n) is 9.61. The lowest BCUT2D eigenvalue weighted by Crippen LogP contribution is -2.59. The SMILES string of the molecule is CC(C)C[C@@H]1NC(=O)C(Cc2cccc3ccccc23)NC(=O)[C@H](CCCN=C(N)N)NC(=O)C(Cc2cccc3ccccc23)NC(=O)[C@H](CO)NC1=O. The molecule has 10 N–H and O–H groups in total. The molecule has 5 rings (SSSR count). The van der Waals surface area contributed by atoms with E-state index in [-0.39, 0.29) is 50.5 Å². The number of aliphatic hydroxyl groups excluding tert-OH is 1. The number of nitrogens with one attached hydrogen (secondary N) is 5. The molecule has 1 heterocycles. The average Bonchev–Trinajstić information content (AvgIpc) is 3.16. The molecule has 2 unspecified atom stereocenters. The van der Waals surface area contributed by atoms with Crippen LogP contribution in [-0.2, 0) is 36.8 Å². The molecule has 0 saturated carbocycles. The number of amides is 5. The molecule has 1 fully saturated rings. The number of carbonyl (C=O) groups is 5. The number of fused-ring (bicyclic) bond motifs is 2. The first-order chi connectivity index (χ1) is 26.4. The Hall–Kier alpha value is -6.02. The number of rotatable bonds is 11. The predicted molar refractivity (Wildman–Crippen MR) is 211 cm³/mol. The van der Waals surface area contributed by atoms with Crippen LogP contribution in [0.3, 0.4) is 0 Å². The summed E-state index contributed by atoms with van der Waals surface area (Å²) >= 11 is 0. The molecule has 55 heavy (non-hydrogen) atoms. The predicted octanol–water partition coefficient (Wildman–Crippen LogP) is 1.31. The second kappa shape index (κ2) is 18.8. The van der Waals surface area contributed by atoms with Gasteiger partial charge in [-0.2, -0.15) is 0 Å². The van der Waals surface area contributed by atoms with Gasteiger partial charge in [0.1, 0.15) is 30.2 Å². The molecule has 0 aliphatic carbocycles. The number of nitrogens with two attached hydrogens (primary N) is 2. The molecule has 5 amide bonds. The van der Waals surface area contributed by atoms with Crippen molar-refractivity contribution in [3.05, 3.63) is 96.1 Å². The maximum absolute atomic E-state index is 14.3. The van der Waals surface area contributed by atoms with Crippen LogP contribution in [0.1, 0.15) is 44.2 Å². The Balaban J connectivity index is 1.56. The van der Waals surface area contributed by atoms with Crippen LogP contribution in [0.4, 0.5) is 0 Å². The number of hydrogen-bond acceptors (Lipinski definition) is 7. The molecule has 0 aromatic heterocycles. The van der Waals surface area contributed by atoms with Crippen molar-refractivity contribution in [3.8, 4) is 0 Å². The highest BCUT2D eigenvalue weighted by molar-refractivity contribution is 5.99. The van der Waals surface area contributed by atoms with E-state index in [0.717, 1.165) is 32.7 Å². The summed E-state index contributed by atoms with van der Waals surface area (Å²) in [6, 6.07) is 20.4. The quantitative estimate of drug-likeness (QED) is 0.0632. The number of aliphatic hydroxyl groups is 1. The standard InChI is InChI=1S/C41H50N8O6/c1-24(2)20-32-37(52)49-35(23-50)40(55)48-33(21-27-14-7-12-25-10-3-5-16-29(25)27)38(53)45-31(18-9-19-44-41(42)43)36(51)47-34(39(54)46-32)22-28-15-8-13-26-11-4-6-17-30(26)28/h3-8,10-17,24,31-35,50H,9,18-23H2,1-2H3,(H,45,53)(H,46,54)(H,47,51)(H,48,55)(H,49,52)(H4,42,43,44)/t31-,32-,33?,34?,35-/m0/s1. The highest BCUT2D eigenvalue weighted by Gasteiger charge is 2.35. The third kappa shape index (κ3) is 10.8. The van der Waals surface area contributed by atoms with Crippen LogP contribution in [0.25, 0.3) is 21.5 Å². The smallest absolute Gasteiger partial charge is 0.245 e. The molecule has 290 valence electrons. The van der Waals surface area contributed by atoms with Gasteiger partial charge in [-0.05, 0) is 57.9 Å². The van der Waals surface area contributed by atoms with Gasteiger partial charge in [0.15, 0.2) is 5.96 Å². The Labute approximate surface area is 319 Å². The van der Waals surface area contributed by atoms with Gasteiger partial charge in [-0.25, -0.2) is 0 Å². The number of hydrogen-bond donors (Lipinski definition) is 8. The minimum Gasteiger partial charge on any atom is -0.394 e. The number of guanidine groups is 1. The minimum absolute atomic E-state index is 0.0209. The first-order valence-electron chi connectivity index (χ1n) is 18.5. The zero-order chi connectivity index (χ0) is 39.5. The number of benzene rings is 4. The van der Waals surface area contributed by atoms with Crippen LogP contribution >= 0.6 is 0 Å². The normalized spacial score (nSPS) is 21.5. The highest BCUT2D eigenvalue weighted by atomic mass is 16.3. The molecule has 0 radical (unpaired) electrons. The Bertz CT molecular complexity index is 2040. The molecular weight excluding hydrogens is 701 g/mol. The fraction of sp³-hybridized carbons (Fsp3) is 0.366. The van der Waals surface area contributed by atoms with E-state index in [2.05, 4.69) is 31.6 Å². The van der Waals surface area contributed by atoms with Crippen molar-refractivity contribution in [3.63, 3.8) is 0 Å². The Morgan fingerprint density at radius 3 is 1.53 bits per heavy atom. The van der Waals surface area contributed by atoms with Gasteiger partial charge >= 0.3 is 0 Å². The molecule has 4 aromatic rings. The van der Waals surface area contributed by atoms with E-state index in [1.54, 1.807) is 0 Å². The van der Waals surface area contributed by atoms with Crippen molar-refractivity contribution >= 4 is 57.0 Å². The second-order valence-corrected chi connectivity index (χ2v) is 14.3. The van der Waals surface area contributed by atoms with E-state index in [9.17, 15) is 29.1 Å². The summed E-state index contributed by atoms with van der Waals surface area (Å²) in [6.07, 6.45) is 0.655. The van der Waals surface area contributed by atoms with Gasteiger partial charge in [-0.3, -0.25) is 29.0 Å². The summed E-state index contributed by atoms with van der Waals surface area (Å²) in [5.41, 5.74) is 12.6. The molecular formula is C41H50N8O6. The van der Waals surface area contributed by atoms with Crippen molar-refractivity contribution in [1.82, 2.24) is 26.6 Å². The van der Waals surface area contributed by atoms with Gasteiger partial charge in [0.05, 0.1) is 6.61 Å². The Morgan fingerprint density at radius 1 is 0.600 bits per heavy atom. The van der Waals surface area contributed by atoms with E-state index in [0.29, 0.717) is 0 Å². The second-order valence-electron chi connectivity index (χ2n) is 14.3. The van der Waals surface area contributed by atoms with Crippen molar-refractivity contribution in [1.29, 1.82) is 0 Å². The summed E-state index contributed by atoms with van der Waals surface area (Å²) in [7, 11) is 0. The highest BCUT2D eigenvalue weighted by Crippen LogP contribution is 2.22. The van der Waals surface area contributed by atoms with E-state index in [1.807, 2.05) is 98.8 Å². The Morgan fingerprint density at radius 2 is 1.02 bits per heavy atom. The molecule has 5 atom stereocenters. The molecule has 4 aromatic carbocycles. The molecule has 0 spiro atoms. The Kier molecular flexibility index (Phi) is 13.8. The monoisotopic (exact) mass is 750 g/mol. The summed E-state index contributed by atoms with van der Waals surface area (Å²) in [4.78, 5) is 74.2. The largest absolute Gasteiger partial charge is 0.394 e. The minimum atomic E-state index is -1.45. The van der Waals surface area contributed by atoms with Crippen molar-refractivity contribution in [2.45, 2.75) is 76.2 Å². The van der Waals surface area contributed by atoms with Crippen LogP contribution in [0, 0.1) is 5.92 Å². The molecule has 14 nitrogen and oxygen atoms in total. The molecule has 1 aliphatic heterocycles. The van der Waals surface area contributed by atoms with E-state index in [4.69, 9.17) is 11.5 Å². The third-order valence-corrected chi connectivity index (χ3v) is 9.61. The zero-order valence-electron chi connectivity index (χ0n) is 31.1. The van der Waals surface area contributed by atoms with Crippen LogP contribution < -0.4 is 38.1 Å². The average molecular weight is 751 g/mol. The van der Waals surface area contributed by atoms with E-state index >= 15 is 0 Å². The summed E-state index contributed by atoms with van der Waals surface area (Å²) in [5.74, 6) is -3.68. The lowest BCUT2D eigenvalue weighted by atomic mass is 9.97. The van der Waals surface area contributed by atoms with Gasteiger partial charge in [0.2, 0.25) is 29.5 Å². The summed E-state index contributed by atoms with van der Waals surface area (Å²) in [5, 5.41) is 27.7. The van der Waals surface area contributed by atoms with Gasteiger partial charge in [-0.15, -0.1) is 0 Å². The number of aliphatic imine (C=N–C) groups is 1. The van der Waals surface area contributed by atoms with E-state index < -0.39 is 66.4 Å². The first kappa shape index (κ1) is 40.2. The maximum atomic E-state index is 14.3. The number of carbonyl (C=O) groups excluding carboxylic acids is 5. The van der Waals surface area contributed by atoms with Crippen molar-refractivity contribution < 1.29 is 29.1 Å². The van der Waals surface area contributed by atoms with E-state index in [1.165, 1.54) is 0 Å². The van der Waals surface area contributed by atoms with Gasteiger partial charge in [-0.1, -0.05) is 98.8 Å². The maximum Gasteiger partial charge on any atom is 0.245 e. The fourth-order valence-electron chi connectivity index (χ4n) is 6.83. The zero-order valence-corrected chi connectivity index (χ0v) is 31.1. The lowest BCUT2D eigenvalue weighted by molar-refractivity contribution is -0.134. The summed E-state index contributed by atoms with van der Waals surface area (Å²) in [6.45, 7) is 3.14. The van der Waals surface area contributed by atoms with Crippen molar-refractivity contribution in [2.75, 3.05) is 13.2 Å². The van der Waals surface area contributed by atoms with Gasteiger partial charge < -0.3 is 43.2 Å². The van der Waals surface area contributed by atoms with Crippen molar-refractivity contribution in [2.24, 2.45) is 22.4 Å². The molecule has 14 heteroatoms. The van der Waals surface area contributed by atoms with Crippen LogP contribution in [-0.4, -0.2) is 84.0 Å². The number of nitrogens with zero attached hydrogens (tertiary/aromatic N) is 1. The summed E-state index contributed by atoms with van der Waals surface area (Å²) < 4.78 is 0. The first-order valence-corrected chi connectivity index (χ1v) is 18.5. The molecule has 1 saturated heterocycles. The van der Waals surface area contributed by atoms with Gasteiger partial charge in [0, 0.05) is 19.4 Å². The lowest BCUT2D eigenvalue weighted by Gasteiger charge is -2.27. The van der Waals surface area contributed by atoms with Crippen LogP contribution in [0.2, 0.25) is 0 Å². The van der Waals surface area contributed by atoms with Crippen LogP contribution in [0.5, 0.6) is 0 Å². The fourth-order valence-corrected chi connectivity index (χ4v) is 6.83.